The van der Waals surface area contributed by atoms with Crippen molar-refractivity contribution in [3.63, 3.8) is 0 Å². The SMILES string of the molecule is CCCCN(CCCC)c1ccc2c(c1)-c1cc(N(C)C)ccc1C21OC(=O)c2cc(N(CC)CC)ccc21. The van der Waals surface area contributed by atoms with Gasteiger partial charge in [-0.25, -0.2) is 4.79 Å². The maximum atomic E-state index is 13.5. The second-order valence-corrected chi connectivity index (χ2v) is 11.0. The molecule has 1 spiro atoms. The molecule has 0 radical (unpaired) electrons. The van der Waals surface area contributed by atoms with E-state index in [1.54, 1.807) is 0 Å². The van der Waals surface area contributed by atoms with Crippen molar-refractivity contribution in [1.82, 2.24) is 0 Å². The molecule has 0 saturated carbocycles. The van der Waals surface area contributed by atoms with E-state index in [2.05, 4.69) is 105 Å². The topological polar surface area (TPSA) is 36.0 Å². The van der Waals surface area contributed by atoms with E-state index in [9.17, 15) is 4.79 Å². The molecule has 5 rings (SSSR count). The summed E-state index contributed by atoms with van der Waals surface area (Å²) < 4.78 is 6.48. The number of carbonyl (C=O) groups excluding carboxylic acids is 1. The van der Waals surface area contributed by atoms with E-state index < -0.39 is 5.60 Å². The largest absolute Gasteiger partial charge is 0.441 e. The third kappa shape index (κ3) is 4.46. The number of benzene rings is 3. The van der Waals surface area contributed by atoms with Gasteiger partial charge in [-0.1, -0.05) is 44.9 Å². The highest BCUT2D eigenvalue weighted by Crippen LogP contribution is 2.58. The predicted octanol–water partition coefficient (Wildman–Crippen LogP) is 7.45. The average molecular weight is 526 g/mol. The molecule has 0 N–H and O–H groups in total. The molecular weight excluding hydrogens is 482 g/mol. The first-order valence-corrected chi connectivity index (χ1v) is 14.7. The van der Waals surface area contributed by atoms with Crippen molar-refractivity contribution in [2.75, 3.05) is 55.0 Å². The smallest absolute Gasteiger partial charge is 0.340 e. The average Bonchev–Trinajstić information content (AvgIpc) is 3.40. The summed E-state index contributed by atoms with van der Waals surface area (Å²) in [5.74, 6) is -0.244. The van der Waals surface area contributed by atoms with Crippen LogP contribution in [-0.4, -0.2) is 46.2 Å². The Bertz CT molecular complexity index is 1350. The van der Waals surface area contributed by atoms with Crippen molar-refractivity contribution < 1.29 is 9.53 Å². The fourth-order valence-electron chi connectivity index (χ4n) is 6.25. The maximum absolute atomic E-state index is 13.5. The number of hydrogen-bond donors (Lipinski definition) is 0. The highest BCUT2D eigenvalue weighted by Gasteiger charge is 2.54. The van der Waals surface area contributed by atoms with Gasteiger partial charge < -0.3 is 19.4 Å². The minimum atomic E-state index is -0.917. The molecule has 1 aliphatic heterocycles. The Morgan fingerprint density at radius 1 is 0.641 bits per heavy atom. The van der Waals surface area contributed by atoms with Crippen molar-refractivity contribution in [3.05, 3.63) is 76.9 Å². The van der Waals surface area contributed by atoms with Gasteiger partial charge in [0.2, 0.25) is 0 Å². The van der Waals surface area contributed by atoms with Gasteiger partial charge in [-0.2, -0.15) is 0 Å². The Balaban J connectivity index is 1.70. The maximum Gasteiger partial charge on any atom is 0.340 e. The molecule has 0 saturated heterocycles. The van der Waals surface area contributed by atoms with E-state index in [1.165, 1.54) is 31.4 Å². The third-order valence-electron chi connectivity index (χ3n) is 8.48. The fourth-order valence-corrected chi connectivity index (χ4v) is 6.25. The van der Waals surface area contributed by atoms with Crippen molar-refractivity contribution in [2.45, 2.75) is 59.0 Å². The quantitative estimate of drug-likeness (QED) is 0.243. The third-order valence-corrected chi connectivity index (χ3v) is 8.48. The molecule has 5 nitrogen and oxygen atoms in total. The van der Waals surface area contributed by atoms with Gasteiger partial charge >= 0.3 is 5.97 Å². The van der Waals surface area contributed by atoms with E-state index in [0.717, 1.165) is 65.4 Å². The van der Waals surface area contributed by atoms with Crippen LogP contribution in [0.3, 0.4) is 0 Å². The van der Waals surface area contributed by atoms with Gasteiger partial charge in [-0.3, -0.25) is 0 Å². The molecule has 1 unspecified atom stereocenters. The van der Waals surface area contributed by atoms with Crippen LogP contribution in [0.5, 0.6) is 0 Å². The lowest BCUT2D eigenvalue weighted by Gasteiger charge is -2.29. The lowest BCUT2D eigenvalue weighted by molar-refractivity contribution is 0.0264. The molecular formula is C34H43N3O2. The number of esters is 1. The van der Waals surface area contributed by atoms with E-state index in [0.29, 0.717) is 5.56 Å². The lowest BCUT2D eigenvalue weighted by Crippen LogP contribution is -2.28. The van der Waals surface area contributed by atoms with E-state index in [-0.39, 0.29) is 5.97 Å². The molecule has 206 valence electrons. The minimum Gasteiger partial charge on any atom is -0.441 e. The van der Waals surface area contributed by atoms with Gasteiger partial charge in [-0.15, -0.1) is 0 Å². The Morgan fingerprint density at radius 3 is 1.62 bits per heavy atom. The van der Waals surface area contributed by atoms with Crippen LogP contribution in [0.25, 0.3) is 11.1 Å². The molecule has 2 aliphatic rings. The highest BCUT2D eigenvalue weighted by atomic mass is 16.6. The number of fused-ring (bicyclic) bond motifs is 7. The summed E-state index contributed by atoms with van der Waals surface area (Å²) >= 11 is 0. The molecule has 0 amide bonds. The molecule has 1 aliphatic carbocycles. The summed E-state index contributed by atoms with van der Waals surface area (Å²) in [4.78, 5) is 20.5. The number of hydrogen-bond acceptors (Lipinski definition) is 5. The van der Waals surface area contributed by atoms with Crippen LogP contribution >= 0.6 is 0 Å². The lowest BCUT2D eigenvalue weighted by atomic mass is 9.83. The number of carbonyl (C=O) groups is 1. The van der Waals surface area contributed by atoms with Crippen molar-refractivity contribution in [2.24, 2.45) is 0 Å². The van der Waals surface area contributed by atoms with Crippen LogP contribution in [0, 0.1) is 0 Å². The van der Waals surface area contributed by atoms with Gasteiger partial charge in [0.05, 0.1) is 5.56 Å². The summed E-state index contributed by atoms with van der Waals surface area (Å²) in [7, 11) is 4.14. The number of nitrogens with zero attached hydrogens (tertiary/aromatic N) is 3. The first-order valence-electron chi connectivity index (χ1n) is 14.7. The van der Waals surface area contributed by atoms with E-state index in [4.69, 9.17) is 4.74 Å². The summed E-state index contributed by atoms with van der Waals surface area (Å²) in [6.07, 6.45) is 4.69. The number of ether oxygens (including phenoxy) is 1. The Labute approximate surface area is 234 Å². The van der Waals surface area contributed by atoms with Gasteiger partial charge in [0.15, 0.2) is 5.60 Å². The van der Waals surface area contributed by atoms with Crippen molar-refractivity contribution >= 4 is 23.0 Å². The predicted molar refractivity (Wildman–Crippen MR) is 164 cm³/mol. The Hall–Kier alpha value is -3.47. The molecule has 3 aromatic carbocycles. The summed E-state index contributed by atoms with van der Waals surface area (Å²) in [5, 5.41) is 0. The van der Waals surface area contributed by atoms with Gasteiger partial charge in [0.25, 0.3) is 0 Å². The molecule has 0 aromatic heterocycles. The fraction of sp³-hybridized carbons (Fsp3) is 0.441. The molecule has 3 aromatic rings. The minimum absolute atomic E-state index is 0.244. The van der Waals surface area contributed by atoms with Crippen LogP contribution in [-0.2, 0) is 10.3 Å². The number of rotatable bonds is 11. The van der Waals surface area contributed by atoms with E-state index in [1.807, 2.05) is 6.07 Å². The zero-order valence-corrected chi connectivity index (χ0v) is 24.5. The van der Waals surface area contributed by atoms with Gasteiger partial charge in [0, 0.05) is 74.0 Å². The molecule has 0 bridgehead atoms. The molecule has 1 atom stereocenters. The molecule has 0 fully saturated rings. The van der Waals surface area contributed by atoms with Gasteiger partial charge in [0.1, 0.15) is 0 Å². The van der Waals surface area contributed by atoms with Gasteiger partial charge in [-0.05, 0) is 74.2 Å². The van der Waals surface area contributed by atoms with Crippen LogP contribution in [0.4, 0.5) is 17.1 Å². The van der Waals surface area contributed by atoms with Crippen molar-refractivity contribution in [3.8, 4) is 11.1 Å². The van der Waals surface area contributed by atoms with Crippen molar-refractivity contribution in [1.29, 1.82) is 0 Å². The van der Waals surface area contributed by atoms with Crippen LogP contribution in [0.15, 0.2) is 54.6 Å². The molecule has 5 heteroatoms. The van der Waals surface area contributed by atoms with Crippen LogP contribution in [0.1, 0.15) is 80.4 Å². The Morgan fingerprint density at radius 2 is 1.10 bits per heavy atom. The molecule has 1 heterocycles. The zero-order valence-electron chi connectivity index (χ0n) is 24.5. The second-order valence-electron chi connectivity index (χ2n) is 11.0. The zero-order chi connectivity index (χ0) is 27.7. The Kier molecular flexibility index (Phi) is 7.61. The monoisotopic (exact) mass is 525 g/mol. The summed E-state index contributed by atoms with van der Waals surface area (Å²) in [6, 6.07) is 19.6. The summed E-state index contributed by atoms with van der Waals surface area (Å²) in [5.41, 5.74) is 8.58. The first kappa shape index (κ1) is 27.1. The highest BCUT2D eigenvalue weighted by molar-refractivity contribution is 6.00. The van der Waals surface area contributed by atoms with Crippen LogP contribution < -0.4 is 14.7 Å². The van der Waals surface area contributed by atoms with E-state index >= 15 is 0 Å². The number of anilines is 3. The normalized spacial score (nSPS) is 16.6. The molecule has 39 heavy (non-hydrogen) atoms. The first-order chi connectivity index (χ1) is 18.9. The number of unbranched alkanes of at least 4 members (excludes halogenated alkanes) is 2. The van der Waals surface area contributed by atoms with Crippen LogP contribution in [0.2, 0.25) is 0 Å². The second kappa shape index (κ2) is 11.0. The standard InChI is InChI=1S/C34H43N3O2/c1-7-11-19-37(20-12-8-2)26-15-17-31-28(22-26)27-21-24(35(5)6)13-16-30(27)34(31)32-18-14-25(36(9-3)10-4)23-29(32)33(38)39-34/h13-18,21-23H,7-12,19-20H2,1-6H3. The summed E-state index contributed by atoms with van der Waals surface area (Å²) in [6.45, 7) is 12.7.